The van der Waals surface area contributed by atoms with Gasteiger partial charge in [-0.15, -0.1) is 18.8 Å². The van der Waals surface area contributed by atoms with Crippen LogP contribution in [0.3, 0.4) is 0 Å². The predicted octanol–water partition coefficient (Wildman–Crippen LogP) is 1.20. The summed E-state index contributed by atoms with van der Waals surface area (Å²) in [6.45, 7) is 0. The van der Waals surface area contributed by atoms with E-state index in [0.29, 0.717) is 12.8 Å². The van der Waals surface area contributed by atoms with Crippen LogP contribution in [0, 0.1) is 24.7 Å². The highest BCUT2D eigenvalue weighted by molar-refractivity contribution is 5.70. The van der Waals surface area contributed by atoms with Crippen LogP contribution in [0.5, 0.6) is 0 Å². The first kappa shape index (κ1) is 14.1. The zero-order chi connectivity index (χ0) is 12.4. The van der Waals surface area contributed by atoms with Crippen LogP contribution in [-0.4, -0.2) is 23.1 Å². The second-order valence-electron chi connectivity index (χ2n) is 3.15. The lowest BCUT2D eigenvalue weighted by molar-refractivity contribution is -0.146. The molecule has 0 heterocycles. The fraction of sp³-hybridized carbons (Fsp3) is 0.500. The second-order valence-corrected chi connectivity index (χ2v) is 3.15. The SMILES string of the molecule is C#CCC(C#C)OC(=O)CCCCC(=O)O. The molecule has 0 saturated carbocycles. The van der Waals surface area contributed by atoms with Crippen LogP contribution < -0.4 is 0 Å². The molecule has 1 N–H and O–H groups in total. The van der Waals surface area contributed by atoms with E-state index in [1.165, 1.54) is 0 Å². The molecule has 4 heteroatoms. The molecule has 0 aromatic carbocycles. The molecule has 0 aliphatic carbocycles. The Balaban J connectivity index is 3.70. The van der Waals surface area contributed by atoms with Crippen molar-refractivity contribution < 1.29 is 19.4 Å². The number of hydrogen-bond donors (Lipinski definition) is 1. The van der Waals surface area contributed by atoms with Gasteiger partial charge in [-0.2, -0.15) is 0 Å². The van der Waals surface area contributed by atoms with E-state index >= 15 is 0 Å². The number of carboxylic acids is 1. The lowest BCUT2D eigenvalue weighted by Gasteiger charge is -2.08. The number of aliphatic carboxylic acids is 1. The van der Waals surface area contributed by atoms with E-state index in [2.05, 4.69) is 11.8 Å². The van der Waals surface area contributed by atoms with Crippen molar-refractivity contribution in [3.63, 3.8) is 0 Å². The Labute approximate surface area is 95.0 Å². The molecular weight excluding hydrogens is 208 g/mol. The Kier molecular flexibility index (Phi) is 7.36. The molecule has 0 bridgehead atoms. The average molecular weight is 222 g/mol. The molecule has 0 aliphatic rings. The monoisotopic (exact) mass is 222 g/mol. The molecule has 0 fully saturated rings. The molecule has 0 rings (SSSR count). The number of terminal acetylenes is 2. The van der Waals surface area contributed by atoms with Crippen LogP contribution in [0.15, 0.2) is 0 Å². The Morgan fingerprint density at radius 2 is 1.88 bits per heavy atom. The minimum absolute atomic E-state index is 0.0518. The van der Waals surface area contributed by atoms with E-state index in [4.69, 9.17) is 22.7 Å². The van der Waals surface area contributed by atoms with Crippen molar-refractivity contribution in [2.24, 2.45) is 0 Å². The van der Waals surface area contributed by atoms with Gasteiger partial charge in [-0.1, -0.05) is 5.92 Å². The maximum absolute atomic E-state index is 11.2. The van der Waals surface area contributed by atoms with Gasteiger partial charge in [-0.05, 0) is 12.8 Å². The number of unbranched alkanes of at least 4 members (excludes halogenated alkanes) is 1. The van der Waals surface area contributed by atoms with Crippen LogP contribution in [0.4, 0.5) is 0 Å². The van der Waals surface area contributed by atoms with Crippen LogP contribution in [0.25, 0.3) is 0 Å². The first-order valence-corrected chi connectivity index (χ1v) is 4.91. The van der Waals surface area contributed by atoms with Gasteiger partial charge in [0.05, 0.1) is 6.42 Å². The van der Waals surface area contributed by atoms with Gasteiger partial charge in [0, 0.05) is 12.8 Å². The third-order valence-corrected chi connectivity index (χ3v) is 1.78. The number of ether oxygens (including phenoxy) is 1. The van der Waals surface area contributed by atoms with Crippen molar-refractivity contribution in [1.82, 2.24) is 0 Å². The van der Waals surface area contributed by atoms with Crippen molar-refractivity contribution in [2.75, 3.05) is 0 Å². The highest BCUT2D eigenvalue weighted by atomic mass is 16.5. The fourth-order valence-corrected chi connectivity index (χ4v) is 1.00. The average Bonchev–Trinajstić information content (AvgIpc) is 2.23. The molecule has 0 aromatic rings. The van der Waals surface area contributed by atoms with Gasteiger partial charge in [-0.25, -0.2) is 0 Å². The van der Waals surface area contributed by atoms with Gasteiger partial charge in [0.2, 0.25) is 0 Å². The molecule has 4 nitrogen and oxygen atoms in total. The summed E-state index contributed by atoms with van der Waals surface area (Å²) in [5.41, 5.74) is 0. The molecule has 1 unspecified atom stereocenters. The van der Waals surface area contributed by atoms with Crippen LogP contribution in [0.1, 0.15) is 32.1 Å². The molecule has 0 amide bonds. The third-order valence-electron chi connectivity index (χ3n) is 1.78. The smallest absolute Gasteiger partial charge is 0.307 e. The van der Waals surface area contributed by atoms with E-state index in [-0.39, 0.29) is 19.3 Å². The highest BCUT2D eigenvalue weighted by Gasteiger charge is 2.10. The van der Waals surface area contributed by atoms with E-state index in [9.17, 15) is 9.59 Å². The number of rotatable bonds is 7. The number of hydrogen-bond acceptors (Lipinski definition) is 3. The van der Waals surface area contributed by atoms with Gasteiger partial charge in [0.15, 0.2) is 6.10 Å². The summed E-state index contributed by atoms with van der Waals surface area (Å²) < 4.78 is 4.88. The first-order chi connectivity index (χ1) is 7.60. The van der Waals surface area contributed by atoms with Gasteiger partial charge >= 0.3 is 11.9 Å². The number of carboxylic acid groups (broad SMARTS) is 1. The van der Waals surface area contributed by atoms with Crippen LogP contribution >= 0.6 is 0 Å². The Morgan fingerprint density at radius 3 is 2.38 bits per heavy atom. The van der Waals surface area contributed by atoms with Gasteiger partial charge in [0.1, 0.15) is 0 Å². The van der Waals surface area contributed by atoms with E-state index < -0.39 is 18.0 Å². The van der Waals surface area contributed by atoms with Crippen molar-refractivity contribution >= 4 is 11.9 Å². The maximum Gasteiger partial charge on any atom is 0.307 e. The second kappa shape index (κ2) is 8.38. The van der Waals surface area contributed by atoms with Crippen LogP contribution in [-0.2, 0) is 14.3 Å². The van der Waals surface area contributed by atoms with Gasteiger partial charge < -0.3 is 9.84 Å². The Hall–Kier alpha value is -1.94. The van der Waals surface area contributed by atoms with E-state index in [0.717, 1.165) is 0 Å². The molecule has 16 heavy (non-hydrogen) atoms. The van der Waals surface area contributed by atoms with Crippen molar-refractivity contribution in [1.29, 1.82) is 0 Å². The minimum Gasteiger partial charge on any atom is -0.481 e. The van der Waals surface area contributed by atoms with Gasteiger partial charge in [-0.3, -0.25) is 9.59 Å². The summed E-state index contributed by atoms with van der Waals surface area (Å²) in [7, 11) is 0. The molecule has 86 valence electrons. The lowest BCUT2D eigenvalue weighted by atomic mass is 10.2. The summed E-state index contributed by atoms with van der Waals surface area (Å²) in [6.07, 6.45) is 10.8. The number of esters is 1. The summed E-state index contributed by atoms with van der Waals surface area (Å²) >= 11 is 0. The standard InChI is InChI=1S/C12H14O4/c1-3-7-10(4-2)16-12(15)9-6-5-8-11(13)14/h1-2,10H,5-9H2,(H,13,14). The van der Waals surface area contributed by atoms with Gasteiger partial charge in [0.25, 0.3) is 0 Å². The largest absolute Gasteiger partial charge is 0.481 e. The Morgan fingerprint density at radius 1 is 1.25 bits per heavy atom. The predicted molar refractivity (Wildman–Crippen MR) is 58.3 cm³/mol. The highest BCUT2D eigenvalue weighted by Crippen LogP contribution is 2.04. The van der Waals surface area contributed by atoms with Crippen molar-refractivity contribution in [3.05, 3.63) is 0 Å². The van der Waals surface area contributed by atoms with Crippen molar-refractivity contribution in [2.45, 2.75) is 38.2 Å². The molecule has 0 radical (unpaired) electrons. The van der Waals surface area contributed by atoms with E-state index in [1.54, 1.807) is 0 Å². The summed E-state index contributed by atoms with van der Waals surface area (Å²) in [4.78, 5) is 21.4. The van der Waals surface area contributed by atoms with Crippen LogP contribution in [0.2, 0.25) is 0 Å². The van der Waals surface area contributed by atoms with Crippen molar-refractivity contribution in [3.8, 4) is 24.7 Å². The molecule has 0 spiro atoms. The summed E-state index contributed by atoms with van der Waals surface area (Å²) in [6, 6.07) is 0. The molecular formula is C12H14O4. The molecule has 1 atom stereocenters. The fourth-order valence-electron chi connectivity index (χ4n) is 1.00. The molecule has 0 aliphatic heterocycles. The quantitative estimate of drug-likeness (QED) is 0.399. The van der Waals surface area contributed by atoms with E-state index in [1.807, 2.05) is 0 Å². The molecule has 0 aromatic heterocycles. The minimum atomic E-state index is -0.873. The normalized spacial score (nSPS) is 10.9. The summed E-state index contributed by atoms with van der Waals surface area (Å²) in [5, 5.41) is 8.37. The zero-order valence-electron chi connectivity index (χ0n) is 8.94. The molecule has 0 saturated heterocycles. The number of carbonyl (C=O) groups is 2. The lowest BCUT2D eigenvalue weighted by Crippen LogP contribution is -2.15. The topological polar surface area (TPSA) is 63.6 Å². The number of carbonyl (C=O) groups excluding carboxylic acids is 1. The zero-order valence-corrected chi connectivity index (χ0v) is 8.94. The summed E-state index contributed by atoms with van der Waals surface area (Å²) in [5.74, 6) is 3.26. The Bertz CT molecular complexity index is 319. The first-order valence-electron chi connectivity index (χ1n) is 4.91. The third kappa shape index (κ3) is 7.46. The maximum atomic E-state index is 11.2.